The normalized spacial score (nSPS) is 18.3. The largest absolute Gasteiger partial charge is 0.301 e. The highest BCUT2D eigenvalue weighted by atomic mass is 32.2. The van der Waals surface area contributed by atoms with E-state index in [1.165, 1.54) is 23.5 Å². The third kappa shape index (κ3) is 5.75. The number of nitrogens with one attached hydrogen (secondary N) is 2. The van der Waals surface area contributed by atoms with Crippen molar-refractivity contribution in [2.75, 3.05) is 25.0 Å². The minimum Gasteiger partial charge on any atom is -0.301 e. The molecule has 0 spiro atoms. The second-order valence-corrected chi connectivity index (χ2v) is 11.3. The molecule has 1 aliphatic heterocycles. The molecule has 0 saturated carbocycles. The number of nitrogens with zero attached hydrogens (tertiary/aromatic N) is 2. The smallest absolute Gasteiger partial charge is 0.243 e. The van der Waals surface area contributed by atoms with Crippen LogP contribution < -0.4 is 10.0 Å². The topological polar surface area (TPSA) is 91.4 Å². The fourth-order valence-corrected chi connectivity index (χ4v) is 5.98. The summed E-state index contributed by atoms with van der Waals surface area (Å²) in [6.45, 7) is 5.46. The summed E-state index contributed by atoms with van der Waals surface area (Å²) >= 11 is 1.24. The zero-order chi connectivity index (χ0) is 23.6. The number of sulfonamides is 1. The third-order valence-electron chi connectivity index (χ3n) is 5.95. The molecule has 0 aliphatic carbocycles. The number of aryl methyl sites for hydroxylation is 1. The Labute approximate surface area is 197 Å². The first kappa shape index (κ1) is 23.7. The van der Waals surface area contributed by atoms with Gasteiger partial charge in [0.2, 0.25) is 15.9 Å². The maximum absolute atomic E-state index is 13.4. The fourth-order valence-electron chi connectivity index (χ4n) is 3.97. The molecule has 7 nitrogen and oxygen atoms in total. The average Bonchev–Trinajstić information content (AvgIpc) is 3.19. The Bertz CT molecular complexity index is 1240. The molecule has 10 heteroatoms. The van der Waals surface area contributed by atoms with Gasteiger partial charge < -0.3 is 5.32 Å². The van der Waals surface area contributed by atoms with Crippen molar-refractivity contribution in [1.29, 1.82) is 0 Å². The van der Waals surface area contributed by atoms with E-state index < -0.39 is 16.1 Å². The Morgan fingerprint density at radius 2 is 2.03 bits per heavy atom. The molecule has 0 radical (unpaired) electrons. The van der Waals surface area contributed by atoms with Gasteiger partial charge in [0, 0.05) is 13.1 Å². The number of piperidine rings is 1. The highest BCUT2D eigenvalue weighted by molar-refractivity contribution is 7.89. The number of fused-ring (bicyclic) bond motifs is 1. The maximum Gasteiger partial charge on any atom is 0.243 e. The third-order valence-corrected chi connectivity index (χ3v) is 8.32. The van der Waals surface area contributed by atoms with E-state index in [-0.39, 0.29) is 22.5 Å². The standard InChI is InChI=1S/C23H27FN4O3S2/c1-15-5-8-19(9-6-15)33(30,31)25-13-17-4-3-11-28(14-17)16(2)22(29)27-23-26-20-10-7-18(24)12-21(20)32-23/h5-10,12,16-17,25H,3-4,11,13-14H2,1-2H3,(H,26,27,29). The van der Waals surface area contributed by atoms with Gasteiger partial charge in [0.25, 0.3) is 0 Å². The first-order valence-corrected chi connectivity index (χ1v) is 13.2. The molecular weight excluding hydrogens is 463 g/mol. The van der Waals surface area contributed by atoms with Crippen LogP contribution in [0.25, 0.3) is 10.2 Å². The van der Waals surface area contributed by atoms with Crippen LogP contribution in [-0.4, -0.2) is 49.9 Å². The lowest BCUT2D eigenvalue weighted by atomic mass is 9.97. The van der Waals surface area contributed by atoms with Gasteiger partial charge in [-0.2, -0.15) is 0 Å². The number of hydrogen-bond donors (Lipinski definition) is 2. The van der Waals surface area contributed by atoms with Crippen LogP contribution in [0.4, 0.5) is 9.52 Å². The fraction of sp³-hybridized carbons (Fsp3) is 0.391. The zero-order valence-corrected chi connectivity index (χ0v) is 20.2. The average molecular weight is 491 g/mol. The molecule has 1 aliphatic rings. The monoisotopic (exact) mass is 490 g/mol. The molecule has 33 heavy (non-hydrogen) atoms. The molecule has 1 amide bonds. The molecule has 1 aromatic heterocycles. The molecule has 2 N–H and O–H groups in total. The summed E-state index contributed by atoms with van der Waals surface area (Å²) in [6, 6.07) is 10.7. The van der Waals surface area contributed by atoms with Crippen LogP contribution >= 0.6 is 11.3 Å². The van der Waals surface area contributed by atoms with E-state index in [9.17, 15) is 17.6 Å². The van der Waals surface area contributed by atoms with Gasteiger partial charge in [0.15, 0.2) is 5.13 Å². The van der Waals surface area contributed by atoms with Gasteiger partial charge in [0.1, 0.15) is 5.82 Å². The predicted molar refractivity (Wildman–Crippen MR) is 128 cm³/mol. The van der Waals surface area contributed by atoms with Crippen molar-refractivity contribution >= 4 is 42.6 Å². The minimum atomic E-state index is -3.57. The molecule has 1 saturated heterocycles. The Morgan fingerprint density at radius 1 is 1.27 bits per heavy atom. The molecular formula is C23H27FN4O3S2. The van der Waals surface area contributed by atoms with Crippen molar-refractivity contribution in [2.45, 2.75) is 37.6 Å². The quantitative estimate of drug-likeness (QED) is 0.526. The van der Waals surface area contributed by atoms with Gasteiger partial charge in [-0.25, -0.2) is 22.5 Å². The number of amides is 1. The van der Waals surface area contributed by atoms with Gasteiger partial charge in [-0.15, -0.1) is 0 Å². The highest BCUT2D eigenvalue weighted by Crippen LogP contribution is 2.27. The van der Waals surface area contributed by atoms with Crippen LogP contribution in [0.5, 0.6) is 0 Å². The van der Waals surface area contributed by atoms with Crippen LogP contribution in [-0.2, 0) is 14.8 Å². The van der Waals surface area contributed by atoms with Gasteiger partial charge in [-0.3, -0.25) is 9.69 Å². The van der Waals surface area contributed by atoms with Crippen molar-refractivity contribution in [3.05, 3.63) is 53.8 Å². The van der Waals surface area contributed by atoms with Gasteiger partial charge in [0.05, 0.1) is 21.2 Å². The molecule has 2 unspecified atom stereocenters. The second kappa shape index (κ2) is 9.84. The maximum atomic E-state index is 13.4. The number of hydrogen-bond acceptors (Lipinski definition) is 6. The number of rotatable bonds is 7. The summed E-state index contributed by atoms with van der Waals surface area (Å²) in [5.74, 6) is -0.412. The predicted octanol–water partition coefficient (Wildman–Crippen LogP) is 3.76. The number of aromatic nitrogens is 1. The first-order valence-electron chi connectivity index (χ1n) is 10.9. The SMILES string of the molecule is Cc1ccc(S(=O)(=O)NCC2CCCN(C(C)C(=O)Nc3nc4ccc(F)cc4s3)C2)cc1. The van der Waals surface area contributed by atoms with Gasteiger partial charge in [-0.05, 0) is 69.5 Å². The molecule has 0 bridgehead atoms. The van der Waals surface area contributed by atoms with E-state index in [1.807, 2.05) is 13.8 Å². The molecule has 2 atom stereocenters. The zero-order valence-electron chi connectivity index (χ0n) is 18.5. The lowest BCUT2D eigenvalue weighted by Gasteiger charge is -2.36. The van der Waals surface area contributed by atoms with Crippen LogP contribution in [0.3, 0.4) is 0 Å². The van der Waals surface area contributed by atoms with Crippen molar-refractivity contribution < 1.29 is 17.6 Å². The molecule has 4 rings (SSSR count). The van der Waals surface area contributed by atoms with E-state index >= 15 is 0 Å². The summed E-state index contributed by atoms with van der Waals surface area (Å²) in [6.07, 6.45) is 1.78. The summed E-state index contributed by atoms with van der Waals surface area (Å²) in [7, 11) is -3.57. The second-order valence-electron chi connectivity index (χ2n) is 8.46. The summed E-state index contributed by atoms with van der Waals surface area (Å²) < 4.78 is 42.0. The summed E-state index contributed by atoms with van der Waals surface area (Å²) in [5, 5.41) is 3.27. The van der Waals surface area contributed by atoms with Crippen molar-refractivity contribution in [3.8, 4) is 0 Å². The van der Waals surface area contributed by atoms with Crippen molar-refractivity contribution in [2.24, 2.45) is 5.92 Å². The Balaban J connectivity index is 1.34. The van der Waals surface area contributed by atoms with Gasteiger partial charge in [-0.1, -0.05) is 29.0 Å². The summed E-state index contributed by atoms with van der Waals surface area (Å²) in [5.41, 5.74) is 1.64. The Morgan fingerprint density at radius 3 is 2.79 bits per heavy atom. The lowest BCUT2D eigenvalue weighted by Crippen LogP contribution is -2.48. The van der Waals surface area contributed by atoms with E-state index in [0.29, 0.717) is 28.4 Å². The van der Waals surface area contributed by atoms with E-state index in [4.69, 9.17) is 0 Å². The molecule has 2 aromatic carbocycles. The van der Waals surface area contributed by atoms with Crippen LogP contribution in [0.15, 0.2) is 47.4 Å². The molecule has 3 aromatic rings. The van der Waals surface area contributed by atoms with E-state index in [0.717, 1.165) is 24.9 Å². The number of halogens is 1. The van der Waals surface area contributed by atoms with E-state index in [2.05, 4.69) is 19.9 Å². The number of benzene rings is 2. The Hall–Kier alpha value is -2.40. The lowest BCUT2D eigenvalue weighted by molar-refractivity contribution is -0.121. The number of carbonyl (C=O) groups is 1. The van der Waals surface area contributed by atoms with Crippen molar-refractivity contribution in [1.82, 2.24) is 14.6 Å². The van der Waals surface area contributed by atoms with Gasteiger partial charge >= 0.3 is 0 Å². The number of likely N-dealkylation sites (tertiary alicyclic amines) is 1. The number of carbonyl (C=O) groups excluding carboxylic acids is 1. The van der Waals surface area contributed by atoms with Crippen LogP contribution in [0, 0.1) is 18.7 Å². The Kier molecular flexibility index (Phi) is 7.08. The summed E-state index contributed by atoms with van der Waals surface area (Å²) in [4.78, 5) is 19.5. The molecule has 2 heterocycles. The van der Waals surface area contributed by atoms with Crippen LogP contribution in [0.2, 0.25) is 0 Å². The number of anilines is 1. The highest BCUT2D eigenvalue weighted by Gasteiger charge is 2.29. The number of thiazole rings is 1. The first-order chi connectivity index (χ1) is 15.7. The van der Waals surface area contributed by atoms with Crippen LogP contribution in [0.1, 0.15) is 25.3 Å². The molecule has 1 fully saturated rings. The molecule has 176 valence electrons. The van der Waals surface area contributed by atoms with E-state index in [1.54, 1.807) is 30.3 Å². The minimum absolute atomic E-state index is 0.111. The van der Waals surface area contributed by atoms with Crippen molar-refractivity contribution in [3.63, 3.8) is 0 Å².